The summed E-state index contributed by atoms with van der Waals surface area (Å²) in [6.45, 7) is 6.71. The Kier molecular flexibility index (Phi) is 6.03. The lowest BCUT2D eigenvalue weighted by molar-refractivity contribution is -0.0297. The highest BCUT2D eigenvalue weighted by molar-refractivity contribution is 5.55. The van der Waals surface area contributed by atoms with Gasteiger partial charge in [-0.05, 0) is 30.9 Å². The van der Waals surface area contributed by atoms with E-state index in [2.05, 4.69) is 36.1 Å². The molecular formula is C17H27NO3. The van der Waals surface area contributed by atoms with E-state index in [0.29, 0.717) is 25.7 Å². The number of fused-ring (bicyclic) bond motifs is 1. The van der Waals surface area contributed by atoms with E-state index < -0.39 is 6.10 Å². The van der Waals surface area contributed by atoms with Crippen LogP contribution in [-0.2, 0) is 15.9 Å². The maximum absolute atomic E-state index is 10.2. The zero-order valence-electron chi connectivity index (χ0n) is 13.3. The van der Waals surface area contributed by atoms with Crippen molar-refractivity contribution in [3.63, 3.8) is 0 Å². The number of nitrogens with zero attached hydrogens (tertiary/aromatic N) is 1. The Balaban J connectivity index is 1.90. The third-order valence-corrected chi connectivity index (χ3v) is 3.84. The lowest BCUT2D eigenvalue weighted by Crippen LogP contribution is -2.41. The largest absolute Gasteiger partial charge is 0.389 e. The fraction of sp³-hybridized carbons (Fsp3) is 0.647. The summed E-state index contributed by atoms with van der Waals surface area (Å²) in [5, 5.41) is 10.2. The maximum atomic E-state index is 10.2. The number of aliphatic hydroxyl groups excluding tert-OH is 1. The van der Waals surface area contributed by atoms with Crippen LogP contribution in [0.25, 0.3) is 0 Å². The molecule has 0 bridgehead atoms. The second kappa shape index (κ2) is 7.78. The fourth-order valence-electron chi connectivity index (χ4n) is 2.94. The van der Waals surface area contributed by atoms with Crippen molar-refractivity contribution in [2.45, 2.75) is 32.5 Å². The molecule has 1 heterocycles. The number of methoxy groups -OCH3 is 1. The zero-order chi connectivity index (χ0) is 15.2. The predicted octanol–water partition coefficient (Wildman–Crippen LogP) is 2.10. The summed E-state index contributed by atoms with van der Waals surface area (Å²) >= 11 is 0. The van der Waals surface area contributed by atoms with E-state index in [0.717, 1.165) is 13.0 Å². The molecule has 118 valence electrons. The van der Waals surface area contributed by atoms with Crippen molar-refractivity contribution in [3.8, 4) is 0 Å². The Bertz CT molecular complexity index is 438. The highest BCUT2D eigenvalue weighted by Crippen LogP contribution is 2.29. The second-order valence-corrected chi connectivity index (χ2v) is 6.10. The van der Waals surface area contributed by atoms with Crippen LogP contribution < -0.4 is 4.90 Å². The van der Waals surface area contributed by atoms with Crippen molar-refractivity contribution in [1.82, 2.24) is 0 Å². The molecule has 0 saturated carbocycles. The molecule has 3 atom stereocenters. The molecule has 1 aromatic rings. The molecule has 1 aliphatic rings. The van der Waals surface area contributed by atoms with Gasteiger partial charge in [-0.25, -0.2) is 0 Å². The van der Waals surface area contributed by atoms with Gasteiger partial charge in [-0.3, -0.25) is 0 Å². The summed E-state index contributed by atoms with van der Waals surface area (Å²) < 4.78 is 10.6. The molecule has 0 radical (unpaired) electrons. The fourth-order valence-corrected chi connectivity index (χ4v) is 2.94. The van der Waals surface area contributed by atoms with Crippen LogP contribution in [0.2, 0.25) is 0 Å². The summed E-state index contributed by atoms with van der Waals surface area (Å²) in [5.41, 5.74) is 2.62. The molecule has 1 N–H and O–H groups in total. The molecule has 21 heavy (non-hydrogen) atoms. The molecule has 1 aromatic carbocycles. The Labute approximate surface area is 127 Å². The lowest BCUT2D eigenvalue weighted by atomic mass is 9.94. The number of rotatable bonds is 7. The highest BCUT2D eigenvalue weighted by atomic mass is 16.5. The Morgan fingerprint density at radius 2 is 2.10 bits per heavy atom. The maximum Gasteiger partial charge on any atom is 0.0948 e. The minimum absolute atomic E-state index is 0.0113. The van der Waals surface area contributed by atoms with Gasteiger partial charge in [-0.15, -0.1) is 0 Å². The van der Waals surface area contributed by atoms with Crippen LogP contribution in [0.4, 0.5) is 5.69 Å². The van der Waals surface area contributed by atoms with E-state index in [1.54, 1.807) is 7.11 Å². The molecule has 3 unspecified atom stereocenters. The molecule has 0 aromatic heterocycles. The smallest absolute Gasteiger partial charge is 0.0948 e. The lowest BCUT2D eigenvalue weighted by Gasteiger charge is -2.36. The number of para-hydroxylation sites is 1. The van der Waals surface area contributed by atoms with Gasteiger partial charge in [0.2, 0.25) is 0 Å². The van der Waals surface area contributed by atoms with Crippen molar-refractivity contribution in [2.75, 3.05) is 38.3 Å². The van der Waals surface area contributed by atoms with Gasteiger partial charge in [0.25, 0.3) is 0 Å². The number of aliphatic hydroxyl groups is 1. The quantitative estimate of drug-likeness (QED) is 0.836. The van der Waals surface area contributed by atoms with Crippen molar-refractivity contribution >= 4 is 5.69 Å². The van der Waals surface area contributed by atoms with Gasteiger partial charge in [0.1, 0.15) is 0 Å². The summed E-state index contributed by atoms with van der Waals surface area (Å²) in [7, 11) is 1.66. The van der Waals surface area contributed by atoms with Crippen LogP contribution >= 0.6 is 0 Å². The standard InChI is InChI=1S/C17H27NO3/c1-13-8-15-6-4-5-7-17(15)18(9-13)10-16(19)12-21-14(2)11-20-3/h4-7,13-14,16,19H,8-12H2,1-3H3. The Morgan fingerprint density at radius 3 is 2.86 bits per heavy atom. The molecule has 0 amide bonds. The molecule has 4 nitrogen and oxygen atoms in total. The molecule has 0 saturated heterocycles. The highest BCUT2D eigenvalue weighted by Gasteiger charge is 2.23. The van der Waals surface area contributed by atoms with Crippen LogP contribution in [0.15, 0.2) is 24.3 Å². The number of anilines is 1. The van der Waals surface area contributed by atoms with Gasteiger partial charge in [0, 0.05) is 25.9 Å². The summed E-state index contributed by atoms with van der Waals surface area (Å²) in [4.78, 5) is 2.28. The first-order chi connectivity index (χ1) is 10.1. The SMILES string of the molecule is COCC(C)OCC(O)CN1CC(C)Cc2ccccc21. The molecule has 1 aliphatic heterocycles. The van der Waals surface area contributed by atoms with E-state index in [9.17, 15) is 5.11 Å². The normalized spacial score (nSPS) is 21.0. The van der Waals surface area contributed by atoms with Crippen molar-refractivity contribution < 1.29 is 14.6 Å². The molecule has 0 fully saturated rings. The summed E-state index contributed by atoms with van der Waals surface area (Å²) in [6, 6.07) is 8.47. The molecule has 0 spiro atoms. The first kappa shape index (κ1) is 16.3. The van der Waals surface area contributed by atoms with Crippen LogP contribution in [0, 0.1) is 5.92 Å². The van der Waals surface area contributed by atoms with Crippen molar-refractivity contribution in [3.05, 3.63) is 29.8 Å². The Hall–Kier alpha value is -1.10. The predicted molar refractivity (Wildman–Crippen MR) is 84.8 cm³/mol. The molecular weight excluding hydrogens is 266 g/mol. The monoisotopic (exact) mass is 293 g/mol. The zero-order valence-corrected chi connectivity index (χ0v) is 13.3. The van der Waals surface area contributed by atoms with Crippen LogP contribution in [0.5, 0.6) is 0 Å². The third-order valence-electron chi connectivity index (χ3n) is 3.84. The van der Waals surface area contributed by atoms with E-state index in [4.69, 9.17) is 9.47 Å². The van der Waals surface area contributed by atoms with Gasteiger partial charge in [0.15, 0.2) is 0 Å². The number of β-amino-alcohol motifs (C(OH)–C–C–N with tert-alkyl or cyclic N) is 1. The summed E-state index contributed by atoms with van der Waals surface area (Å²) in [5.74, 6) is 0.612. The first-order valence-corrected chi connectivity index (χ1v) is 7.71. The van der Waals surface area contributed by atoms with Gasteiger partial charge in [-0.1, -0.05) is 25.1 Å². The number of hydrogen-bond donors (Lipinski definition) is 1. The van der Waals surface area contributed by atoms with Crippen LogP contribution in [0.1, 0.15) is 19.4 Å². The van der Waals surface area contributed by atoms with Crippen molar-refractivity contribution in [2.24, 2.45) is 5.92 Å². The van der Waals surface area contributed by atoms with Crippen molar-refractivity contribution in [1.29, 1.82) is 0 Å². The van der Waals surface area contributed by atoms with Crippen LogP contribution in [-0.4, -0.2) is 50.7 Å². The molecule has 0 aliphatic carbocycles. The van der Waals surface area contributed by atoms with E-state index >= 15 is 0 Å². The number of benzene rings is 1. The van der Waals surface area contributed by atoms with Gasteiger partial charge in [0.05, 0.1) is 25.4 Å². The average Bonchev–Trinajstić information content (AvgIpc) is 2.45. The number of ether oxygens (including phenoxy) is 2. The van der Waals surface area contributed by atoms with Gasteiger partial charge in [-0.2, -0.15) is 0 Å². The van der Waals surface area contributed by atoms with E-state index in [-0.39, 0.29) is 6.10 Å². The third kappa shape index (κ3) is 4.70. The van der Waals surface area contributed by atoms with Crippen LogP contribution in [0.3, 0.4) is 0 Å². The second-order valence-electron chi connectivity index (χ2n) is 6.10. The Morgan fingerprint density at radius 1 is 1.33 bits per heavy atom. The molecule has 4 heteroatoms. The van der Waals surface area contributed by atoms with Gasteiger partial charge >= 0.3 is 0 Å². The minimum atomic E-state index is -0.484. The first-order valence-electron chi connectivity index (χ1n) is 7.71. The average molecular weight is 293 g/mol. The van der Waals surface area contributed by atoms with Gasteiger partial charge < -0.3 is 19.5 Å². The summed E-state index contributed by atoms with van der Waals surface area (Å²) in [6.07, 6.45) is 0.643. The van der Waals surface area contributed by atoms with E-state index in [1.165, 1.54) is 11.3 Å². The van der Waals surface area contributed by atoms with E-state index in [1.807, 2.05) is 6.92 Å². The molecule has 2 rings (SSSR count). The number of hydrogen-bond acceptors (Lipinski definition) is 4. The minimum Gasteiger partial charge on any atom is -0.389 e. The topological polar surface area (TPSA) is 41.9 Å².